The number of rotatable bonds is 1. The molecule has 0 aliphatic carbocycles. The molecule has 1 atom stereocenters. The van der Waals surface area contributed by atoms with Gasteiger partial charge in [0.15, 0.2) is 0 Å². The van der Waals surface area contributed by atoms with E-state index in [0.717, 1.165) is 19.6 Å². The molecule has 0 spiro atoms. The van der Waals surface area contributed by atoms with Crippen molar-refractivity contribution < 1.29 is 4.79 Å². The normalized spacial score (nSPS) is 31.4. The molecule has 2 rings (SSSR count). The van der Waals surface area contributed by atoms with Crippen LogP contribution in [0.2, 0.25) is 0 Å². The number of amides is 1. The van der Waals surface area contributed by atoms with Crippen molar-refractivity contribution in [3.05, 3.63) is 0 Å². The predicted molar refractivity (Wildman–Crippen MR) is 50.2 cm³/mol. The van der Waals surface area contributed by atoms with Crippen molar-refractivity contribution in [3.63, 3.8) is 0 Å². The molecular formula is C9H17N3O. The maximum atomic E-state index is 11.1. The zero-order valence-corrected chi connectivity index (χ0v) is 7.88. The smallest absolute Gasteiger partial charge is 0.234 e. The Balaban J connectivity index is 1.87. The highest BCUT2D eigenvalue weighted by molar-refractivity contribution is 5.78. The number of carbonyl (C=O) groups is 1. The first-order valence-corrected chi connectivity index (χ1v) is 5.10. The van der Waals surface area contributed by atoms with Crippen LogP contribution in [0.1, 0.15) is 19.3 Å². The van der Waals surface area contributed by atoms with Gasteiger partial charge in [-0.15, -0.1) is 0 Å². The number of piperidine rings is 1. The molecule has 2 aliphatic rings. The predicted octanol–water partition coefficient (Wildman–Crippen LogP) is -0.482. The van der Waals surface area contributed by atoms with Gasteiger partial charge in [0.2, 0.25) is 5.91 Å². The van der Waals surface area contributed by atoms with Crippen LogP contribution in [0.4, 0.5) is 0 Å². The lowest BCUT2D eigenvalue weighted by Gasteiger charge is -2.36. The van der Waals surface area contributed by atoms with E-state index in [4.69, 9.17) is 0 Å². The Morgan fingerprint density at radius 3 is 2.92 bits per heavy atom. The molecule has 1 amide bonds. The van der Waals surface area contributed by atoms with E-state index in [-0.39, 0.29) is 5.91 Å². The molecular weight excluding hydrogens is 166 g/mol. The summed E-state index contributed by atoms with van der Waals surface area (Å²) in [6.45, 7) is 3.46. The average molecular weight is 183 g/mol. The van der Waals surface area contributed by atoms with E-state index in [1.165, 1.54) is 19.3 Å². The molecule has 2 N–H and O–H groups in total. The molecule has 2 fully saturated rings. The standard InChI is InChI=1S/C9H17N3O/c13-9-7-12(6-5-11-9)8-3-1-2-4-10-8/h8,10H,1-7H2,(H,11,13). The van der Waals surface area contributed by atoms with E-state index in [1.807, 2.05) is 0 Å². The average Bonchev–Trinajstić information content (AvgIpc) is 2.19. The number of carbonyl (C=O) groups excluding carboxylic acids is 1. The zero-order chi connectivity index (χ0) is 9.10. The van der Waals surface area contributed by atoms with Crippen LogP contribution in [0.15, 0.2) is 0 Å². The minimum Gasteiger partial charge on any atom is -0.354 e. The van der Waals surface area contributed by atoms with Crippen molar-refractivity contribution in [1.29, 1.82) is 0 Å². The number of nitrogens with one attached hydrogen (secondary N) is 2. The minimum absolute atomic E-state index is 0.165. The van der Waals surface area contributed by atoms with E-state index in [2.05, 4.69) is 15.5 Å². The summed E-state index contributed by atoms with van der Waals surface area (Å²) in [5, 5.41) is 6.30. The van der Waals surface area contributed by atoms with Gasteiger partial charge >= 0.3 is 0 Å². The lowest BCUT2D eigenvalue weighted by molar-refractivity contribution is -0.125. The Morgan fingerprint density at radius 2 is 2.23 bits per heavy atom. The summed E-state index contributed by atoms with van der Waals surface area (Å²) in [5.74, 6) is 0.165. The minimum atomic E-state index is 0.165. The van der Waals surface area contributed by atoms with Crippen molar-refractivity contribution in [2.75, 3.05) is 26.2 Å². The van der Waals surface area contributed by atoms with Crippen LogP contribution in [-0.2, 0) is 4.79 Å². The number of piperazine rings is 1. The number of hydrogen-bond donors (Lipinski definition) is 2. The van der Waals surface area contributed by atoms with Gasteiger partial charge in [-0.1, -0.05) is 0 Å². The topological polar surface area (TPSA) is 44.4 Å². The summed E-state index contributed by atoms with van der Waals surface area (Å²) in [6.07, 6.45) is 4.19. The van der Waals surface area contributed by atoms with Gasteiger partial charge < -0.3 is 10.6 Å². The summed E-state index contributed by atoms with van der Waals surface area (Å²) in [7, 11) is 0. The van der Waals surface area contributed by atoms with Crippen molar-refractivity contribution in [2.45, 2.75) is 25.4 Å². The highest BCUT2D eigenvalue weighted by Crippen LogP contribution is 2.11. The third-order valence-corrected chi connectivity index (χ3v) is 2.79. The molecule has 2 heterocycles. The highest BCUT2D eigenvalue weighted by atomic mass is 16.2. The molecule has 0 bridgehead atoms. The second-order valence-electron chi connectivity index (χ2n) is 3.79. The zero-order valence-electron chi connectivity index (χ0n) is 7.88. The second-order valence-corrected chi connectivity index (χ2v) is 3.79. The third-order valence-electron chi connectivity index (χ3n) is 2.79. The second kappa shape index (κ2) is 4.07. The Kier molecular flexibility index (Phi) is 2.80. The van der Waals surface area contributed by atoms with Crippen LogP contribution in [0.25, 0.3) is 0 Å². The summed E-state index contributed by atoms with van der Waals surface area (Å²) >= 11 is 0. The Labute approximate surface area is 78.7 Å². The largest absolute Gasteiger partial charge is 0.354 e. The van der Waals surface area contributed by atoms with Gasteiger partial charge in [-0.25, -0.2) is 0 Å². The maximum absolute atomic E-state index is 11.1. The van der Waals surface area contributed by atoms with Crippen LogP contribution < -0.4 is 10.6 Å². The highest BCUT2D eigenvalue weighted by Gasteiger charge is 2.24. The summed E-state index contributed by atoms with van der Waals surface area (Å²) in [5.41, 5.74) is 0. The Bertz CT molecular complexity index is 189. The van der Waals surface area contributed by atoms with E-state index >= 15 is 0 Å². The van der Waals surface area contributed by atoms with Gasteiger partial charge in [0.25, 0.3) is 0 Å². The van der Waals surface area contributed by atoms with Crippen molar-refractivity contribution >= 4 is 5.91 Å². The van der Waals surface area contributed by atoms with Gasteiger partial charge in [0.1, 0.15) is 0 Å². The van der Waals surface area contributed by atoms with Gasteiger partial charge in [-0.3, -0.25) is 9.69 Å². The van der Waals surface area contributed by atoms with Crippen LogP contribution >= 0.6 is 0 Å². The van der Waals surface area contributed by atoms with Crippen LogP contribution in [0, 0.1) is 0 Å². The molecule has 0 saturated carbocycles. The maximum Gasteiger partial charge on any atom is 0.234 e. The first-order chi connectivity index (χ1) is 6.36. The summed E-state index contributed by atoms with van der Waals surface area (Å²) in [4.78, 5) is 13.4. The fourth-order valence-electron chi connectivity index (χ4n) is 2.07. The lowest BCUT2D eigenvalue weighted by Crippen LogP contribution is -2.56. The molecule has 2 saturated heterocycles. The van der Waals surface area contributed by atoms with Crippen molar-refractivity contribution in [2.24, 2.45) is 0 Å². The lowest BCUT2D eigenvalue weighted by atomic mass is 10.1. The first kappa shape index (κ1) is 8.97. The van der Waals surface area contributed by atoms with Gasteiger partial charge in [-0.05, 0) is 25.8 Å². The van der Waals surface area contributed by atoms with Crippen LogP contribution in [0.3, 0.4) is 0 Å². The molecule has 2 aliphatic heterocycles. The van der Waals surface area contributed by atoms with Crippen molar-refractivity contribution in [1.82, 2.24) is 15.5 Å². The van der Waals surface area contributed by atoms with E-state index in [9.17, 15) is 4.79 Å². The molecule has 0 aromatic carbocycles. The van der Waals surface area contributed by atoms with E-state index in [1.54, 1.807) is 0 Å². The monoisotopic (exact) mass is 183 g/mol. The van der Waals surface area contributed by atoms with Gasteiger partial charge in [-0.2, -0.15) is 0 Å². The first-order valence-electron chi connectivity index (χ1n) is 5.10. The Morgan fingerprint density at radius 1 is 1.31 bits per heavy atom. The molecule has 0 aromatic rings. The molecule has 74 valence electrons. The van der Waals surface area contributed by atoms with Crippen molar-refractivity contribution in [3.8, 4) is 0 Å². The molecule has 1 unspecified atom stereocenters. The fourth-order valence-corrected chi connectivity index (χ4v) is 2.07. The number of hydrogen-bond acceptors (Lipinski definition) is 3. The molecule has 13 heavy (non-hydrogen) atoms. The SMILES string of the molecule is O=C1CN(C2CCCCN2)CCN1. The van der Waals surface area contributed by atoms with Gasteiger partial charge in [0, 0.05) is 13.1 Å². The quantitative estimate of drug-likeness (QED) is 0.577. The molecule has 0 aromatic heterocycles. The molecule has 4 nitrogen and oxygen atoms in total. The fraction of sp³-hybridized carbons (Fsp3) is 0.889. The molecule has 0 radical (unpaired) electrons. The van der Waals surface area contributed by atoms with Crippen LogP contribution in [0.5, 0.6) is 0 Å². The van der Waals surface area contributed by atoms with E-state index < -0.39 is 0 Å². The third kappa shape index (κ3) is 2.19. The molecule has 4 heteroatoms. The summed E-state index contributed by atoms with van der Waals surface area (Å²) in [6, 6.07) is 0. The number of nitrogens with zero attached hydrogens (tertiary/aromatic N) is 1. The van der Waals surface area contributed by atoms with Crippen LogP contribution in [-0.4, -0.2) is 43.2 Å². The van der Waals surface area contributed by atoms with Gasteiger partial charge in [0.05, 0.1) is 12.7 Å². The Hall–Kier alpha value is -0.610. The summed E-state index contributed by atoms with van der Waals surface area (Å²) < 4.78 is 0. The van der Waals surface area contributed by atoms with E-state index in [0.29, 0.717) is 12.7 Å².